The van der Waals surface area contributed by atoms with Gasteiger partial charge in [0, 0.05) is 19.0 Å². The molecule has 0 amide bonds. The number of hydrogen-bond acceptors (Lipinski definition) is 4. The summed E-state index contributed by atoms with van der Waals surface area (Å²) in [6, 6.07) is 2.13. The molecule has 4 nitrogen and oxygen atoms in total. The first-order valence-electron chi connectivity index (χ1n) is 6.56. The fourth-order valence-corrected chi connectivity index (χ4v) is 2.91. The Morgan fingerprint density at radius 3 is 2.94 bits per heavy atom. The first-order chi connectivity index (χ1) is 8.65. The van der Waals surface area contributed by atoms with E-state index in [9.17, 15) is 5.11 Å². The molecule has 1 fully saturated rings. The molecule has 1 saturated heterocycles. The minimum absolute atomic E-state index is 0.182. The third kappa shape index (κ3) is 2.83. The maximum absolute atomic E-state index is 9.51. The van der Waals surface area contributed by atoms with Crippen molar-refractivity contribution in [3.63, 3.8) is 0 Å². The summed E-state index contributed by atoms with van der Waals surface area (Å²) in [7, 11) is 0. The molecule has 18 heavy (non-hydrogen) atoms. The van der Waals surface area contributed by atoms with Crippen LogP contribution in [0.2, 0.25) is 0 Å². The van der Waals surface area contributed by atoms with E-state index in [4.69, 9.17) is 0 Å². The fraction of sp³-hybridized carbons (Fsp3) is 0.692. The van der Waals surface area contributed by atoms with Gasteiger partial charge in [-0.25, -0.2) is 9.97 Å². The number of hydrogen-bond donors (Lipinski definition) is 1. The van der Waals surface area contributed by atoms with Gasteiger partial charge in [-0.1, -0.05) is 13.8 Å². The highest BCUT2D eigenvalue weighted by molar-refractivity contribution is 9.10. The van der Waals surface area contributed by atoms with Crippen LogP contribution in [0.1, 0.15) is 32.5 Å². The van der Waals surface area contributed by atoms with Gasteiger partial charge in [-0.15, -0.1) is 0 Å². The van der Waals surface area contributed by atoms with Gasteiger partial charge in [-0.2, -0.15) is 0 Å². The molecular weight excluding hydrogens is 294 g/mol. The van der Waals surface area contributed by atoms with Crippen molar-refractivity contribution in [1.29, 1.82) is 0 Å². The Hall–Kier alpha value is -0.680. The zero-order valence-electron chi connectivity index (χ0n) is 10.9. The second-order valence-corrected chi connectivity index (χ2v) is 5.74. The monoisotopic (exact) mass is 313 g/mol. The van der Waals surface area contributed by atoms with Crippen LogP contribution in [0.4, 0.5) is 5.82 Å². The third-order valence-electron chi connectivity index (χ3n) is 3.57. The maximum Gasteiger partial charge on any atom is 0.133 e. The highest BCUT2D eigenvalue weighted by Crippen LogP contribution is 2.29. The summed E-state index contributed by atoms with van der Waals surface area (Å²) in [5, 5.41) is 9.51. The molecule has 2 atom stereocenters. The average molecular weight is 314 g/mol. The molecule has 0 radical (unpaired) electrons. The van der Waals surface area contributed by atoms with Gasteiger partial charge < -0.3 is 10.0 Å². The van der Waals surface area contributed by atoms with Gasteiger partial charge in [-0.3, -0.25) is 0 Å². The maximum atomic E-state index is 9.51. The number of aliphatic hydroxyl groups is 1. The normalized spacial score (nSPS) is 23.7. The molecule has 0 spiro atoms. The third-order valence-corrected chi connectivity index (χ3v) is 3.97. The highest BCUT2D eigenvalue weighted by atomic mass is 79.9. The Labute approximate surface area is 117 Å². The number of nitrogens with zero attached hydrogens (tertiary/aromatic N) is 3. The molecule has 0 aliphatic carbocycles. The quantitative estimate of drug-likeness (QED) is 0.867. The van der Waals surface area contributed by atoms with Crippen molar-refractivity contribution in [3.8, 4) is 0 Å². The summed E-state index contributed by atoms with van der Waals surface area (Å²) in [5.41, 5.74) is 0. The van der Waals surface area contributed by atoms with Gasteiger partial charge in [0.25, 0.3) is 0 Å². The van der Waals surface area contributed by atoms with Crippen LogP contribution in [-0.4, -0.2) is 34.3 Å². The summed E-state index contributed by atoms with van der Waals surface area (Å²) in [4.78, 5) is 11.2. The molecule has 1 N–H and O–H groups in total. The molecule has 2 rings (SSSR count). The zero-order valence-corrected chi connectivity index (χ0v) is 12.5. The molecule has 100 valence electrons. The predicted molar refractivity (Wildman–Crippen MR) is 75.7 cm³/mol. The average Bonchev–Trinajstić information content (AvgIpc) is 2.70. The number of rotatable bonds is 4. The second kappa shape index (κ2) is 5.97. The van der Waals surface area contributed by atoms with E-state index >= 15 is 0 Å². The molecule has 2 unspecified atom stereocenters. The van der Waals surface area contributed by atoms with Gasteiger partial charge in [0.1, 0.15) is 16.2 Å². The topological polar surface area (TPSA) is 49.2 Å². The summed E-state index contributed by atoms with van der Waals surface area (Å²) >= 11 is 3.45. The smallest absolute Gasteiger partial charge is 0.133 e. The SMILES string of the molecule is CCCc1nc(Br)cc(N2CCC(C)C2CO)n1. The fourth-order valence-electron chi connectivity index (χ4n) is 2.51. The molecule has 2 heterocycles. The molecule has 1 aliphatic rings. The van der Waals surface area contributed by atoms with E-state index in [0.29, 0.717) is 5.92 Å². The molecule has 0 aromatic carbocycles. The van der Waals surface area contributed by atoms with Crippen LogP contribution in [0.3, 0.4) is 0 Å². The van der Waals surface area contributed by atoms with Crippen molar-refractivity contribution in [2.45, 2.75) is 39.2 Å². The van der Waals surface area contributed by atoms with Crippen molar-refractivity contribution in [3.05, 3.63) is 16.5 Å². The lowest BCUT2D eigenvalue weighted by Crippen LogP contribution is -2.36. The van der Waals surface area contributed by atoms with Crippen molar-refractivity contribution in [2.24, 2.45) is 5.92 Å². The van der Waals surface area contributed by atoms with Crippen molar-refractivity contribution in [1.82, 2.24) is 9.97 Å². The number of anilines is 1. The van der Waals surface area contributed by atoms with Crippen molar-refractivity contribution >= 4 is 21.7 Å². The molecule has 5 heteroatoms. The lowest BCUT2D eigenvalue weighted by Gasteiger charge is -2.26. The highest BCUT2D eigenvalue weighted by Gasteiger charge is 2.31. The number of aromatic nitrogens is 2. The number of halogens is 1. The van der Waals surface area contributed by atoms with E-state index in [1.807, 2.05) is 6.07 Å². The Bertz CT molecular complexity index is 413. The van der Waals surface area contributed by atoms with Crippen LogP contribution in [0, 0.1) is 5.92 Å². The molecular formula is C13H20BrN3O. The minimum Gasteiger partial charge on any atom is -0.394 e. The van der Waals surface area contributed by atoms with Crippen LogP contribution in [-0.2, 0) is 6.42 Å². The molecule has 0 bridgehead atoms. The van der Waals surface area contributed by atoms with Gasteiger partial charge in [0.2, 0.25) is 0 Å². The van der Waals surface area contributed by atoms with Crippen molar-refractivity contribution in [2.75, 3.05) is 18.1 Å². The van der Waals surface area contributed by atoms with Crippen LogP contribution in [0.25, 0.3) is 0 Å². The summed E-state index contributed by atoms with van der Waals surface area (Å²) in [6.45, 7) is 5.45. The first-order valence-corrected chi connectivity index (χ1v) is 7.36. The molecule has 0 saturated carbocycles. The van der Waals surface area contributed by atoms with E-state index in [0.717, 1.165) is 42.1 Å². The van der Waals surface area contributed by atoms with E-state index in [1.54, 1.807) is 0 Å². The van der Waals surface area contributed by atoms with Crippen LogP contribution in [0.15, 0.2) is 10.7 Å². The van der Waals surface area contributed by atoms with Gasteiger partial charge in [-0.05, 0) is 34.7 Å². The largest absolute Gasteiger partial charge is 0.394 e. The van der Waals surface area contributed by atoms with E-state index < -0.39 is 0 Å². The predicted octanol–water partition coefficient (Wildman–Crippen LogP) is 2.40. The van der Waals surface area contributed by atoms with E-state index in [2.05, 4.69) is 44.6 Å². The lowest BCUT2D eigenvalue weighted by molar-refractivity contribution is 0.244. The molecule has 1 aliphatic heterocycles. The standard InChI is InChI=1S/C13H20BrN3O/c1-3-4-12-15-11(14)7-13(16-12)17-6-5-9(2)10(17)8-18/h7,9-10,18H,3-6,8H2,1-2H3. The van der Waals surface area contributed by atoms with E-state index in [1.165, 1.54) is 0 Å². The van der Waals surface area contributed by atoms with Gasteiger partial charge >= 0.3 is 0 Å². The van der Waals surface area contributed by atoms with Gasteiger partial charge in [0.15, 0.2) is 0 Å². The lowest BCUT2D eigenvalue weighted by atomic mass is 10.0. The first kappa shape index (κ1) is 13.7. The Balaban J connectivity index is 2.27. The van der Waals surface area contributed by atoms with Crippen LogP contribution < -0.4 is 4.90 Å². The number of aryl methyl sites for hydroxylation is 1. The number of aliphatic hydroxyl groups excluding tert-OH is 1. The molecule has 1 aromatic rings. The summed E-state index contributed by atoms with van der Waals surface area (Å²) < 4.78 is 0.826. The van der Waals surface area contributed by atoms with Crippen LogP contribution >= 0.6 is 15.9 Å². The zero-order chi connectivity index (χ0) is 13.1. The van der Waals surface area contributed by atoms with Crippen LogP contribution in [0.5, 0.6) is 0 Å². The Morgan fingerprint density at radius 1 is 1.50 bits per heavy atom. The van der Waals surface area contributed by atoms with E-state index in [-0.39, 0.29) is 12.6 Å². The second-order valence-electron chi connectivity index (χ2n) is 4.92. The summed E-state index contributed by atoms with van der Waals surface area (Å²) in [6.07, 6.45) is 3.03. The minimum atomic E-state index is 0.182. The Morgan fingerprint density at radius 2 is 2.28 bits per heavy atom. The molecule has 1 aromatic heterocycles. The summed E-state index contributed by atoms with van der Waals surface area (Å²) in [5.74, 6) is 2.32. The van der Waals surface area contributed by atoms with Gasteiger partial charge in [0.05, 0.1) is 12.6 Å². The van der Waals surface area contributed by atoms with Crippen molar-refractivity contribution < 1.29 is 5.11 Å². The Kier molecular flexibility index (Phi) is 4.56.